The number of hydrogen-bond acceptors (Lipinski definition) is 2. The summed E-state index contributed by atoms with van der Waals surface area (Å²) in [5.74, 6) is 0. The fourth-order valence-corrected chi connectivity index (χ4v) is 3.14. The lowest BCUT2D eigenvalue weighted by Gasteiger charge is -2.16. The maximum Gasteiger partial charge on any atom is 0.0406 e. The van der Waals surface area contributed by atoms with Crippen molar-refractivity contribution in [2.45, 2.75) is 29.7 Å². The first-order valence-electron chi connectivity index (χ1n) is 6.46. The first-order chi connectivity index (χ1) is 9.20. The molecule has 0 radical (unpaired) electrons. The van der Waals surface area contributed by atoms with E-state index in [4.69, 9.17) is 11.6 Å². The highest BCUT2D eigenvalue weighted by Gasteiger charge is 2.09. The molecule has 0 spiro atoms. The quantitative estimate of drug-likeness (QED) is 0.816. The number of nitrogens with one attached hydrogen (secondary N) is 1. The van der Waals surface area contributed by atoms with Crippen LogP contribution in [0.25, 0.3) is 0 Å². The van der Waals surface area contributed by atoms with E-state index in [2.05, 4.69) is 55.6 Å². The molecule has 0 aliphatic carbocycles. The molecule has 0 bridgehead atoms. The molecule has 3 heteroatoms. The van der Waals surface area contributed by atoms with Gasteiger partial charge in [0.1, 0.15) is 0 Å². The van der Waals surface area contributed by atoms with E-state index in [0.717, 1.165) is 11.6 Å². The Morgan fingerprint density at radius 1 is 1.11 bits per heavy atom. The molecule has 0 saturated heterocycles. The van der Waals surface area contributed by atoms with E-state index in [-0.39, 0.29) is 0 Å². The third kappa shape index (κ3) is 4.00. The van der Waals surface area contributed by atoms with Crippen molar-refractivity contribution >= 4 is 23.4 Å². The molecular weight excluding hydrogens is 274 g/mol. The van der Waals surface area contributed by atoms with Crippen LogP contribution < -0.4 is 5.32 Å². The molecule has 1 atom stereocenters. The fourth-order valence-electron chi connectivity index (χ4n) is 1.98. The number of benzene rings is 2. The third-order valence-electron chi connectivity index (χ3n) is 2.94. The Morgan fingerprint density at radius 3 is 2.47 bits per heavy atom. The summed E-state index contributed by atoms with van der Waals surface area (Å²) in [7, 11) is 0. The molecule has 100 valence electrons. The Labute approximate surface area is 124 Å². The van der Waals surface area contributed by atoms with Crippen molar-refractivity contribution in [3.63, 3.8) is 0 Å². The smallest absolute Gasteiger partial charge is 0.0406 e. The highest BCUT2D eigenvalue weighted by molar-refractivity contribution is 7.99. The van der Waals surface area contributed by atoms with Gasteiger partial charge in [0.15, 0.2) is 0 Å². The summed E-state index contributed by atoms with van der Waals surface area (Å²) < 4.78 is 0. The van der Waals surface area contributed by atoms with Gasteiger partial charge in [-0.3, -0.25) is 0 Å². The number of hydrogen-bond donors (Lipinski definition) is 1. The molecule has 0 heterocycles. The van der Waals surface area contributed by atoms with Crippen LogP contribution in [0.15, 0.2) is 58.3 Å². The summed E-state index contributed by atoms with van der Waals surface area (Å²) in [6, 6.07) is 16.9. The van der Waals surface area contributed by atoms with Crippen molar-refractivity contribution in [2.24, 2.45) is 0 Å². The minimum atomic E-state index is 0.362. The van der Waals surface area contributed by atoms with E-state index in [0.29, 0.717) is 6.04 Å². The summed E-state index contributed by atoms with van der Waals surface area (Å²) in [6.07, 6.45) is 0. The van der Waals surface area contributed by atoms with Gasteiger partial charge in [-0.25, -0.2) is 0 Å². The second kappa shape index (κ2) is 6.99. The summed E-state index contributed by atoms with van der Waals surface area (Å²) in [6.45, 7) is 5.30. The molecule has 0 fully saturated rings. The van der Waals surface area contributed by atoms with Crippen molar-refractivity contribution in [3.05, 3.63) is 59.1 Å². The maximum absolute atomic E-state index is 5.92. The van der Waals surface area contributed by atoms with Crippen LogP contribution in [0.2, 0.25) is 5.02 Å². The van der Waals surface area contributed by atoms with Gasteiger partial charge in [0.2, 0.25) is 0 Å². The van der Waals surface area contributed by atoms with Crippen LogP contribution in [0.1, 0.15) is 25.5 Å². The highest BCUT2D eigenvalue weighted by Crippen LogP contribution is 2.33. The molecule has 0 aliphatic rings. The Kier molecular flexibility index (Phi) is 5.32. The van der Waals surface area contributed by atoms with Crippen LogP contribution in [0.4, 0.5) is 0 Å². The molecule has 0 aromatic heterocycles. The topological polar surface area (TPSA) is 12.0 Å². The fraction of sp³-hybridized carbons (Fsp3) is 0.250. The minimum Gasteiger partial charge on any atom is -0.310 e. The lowest BCUT2D eigenvalue weighted by atomic mass is 10.1. The van der Waals surface area contributed by atoms with Crippen molar-refractivity contribution < 1.29 is 0 Å². The van der Waals surface area contributed by atoms with E-state index >= 15 is 0 Å². The summed E-state index contributed by atoms with van der Waals surface area (Å²) >= 11 is 7.70. The molecule has 0 aliphatic heterocycles. The van der Waals surface area contributed by atoms with E-state index in [1.54, 1.807) is 11.8 Å². The molecule has 2 aromatic rings. The standard InChI is InChI=1S/C16H18ClNS/c1-3-18-12(2)15-6-4-5-7-16(15)19-14-10-8-13(17)9-11-14/h4-12,18H,3H2,1-2H3. The summed E-state index contributed by atoms with van der Waals surface area (Å²) in [5, 5.41) is 4.24. The van der Waals surface area contributed by atoms with Crippen molar-refractivity contribution in [1.29, 1.82) is 0 Å². The predicted molar refractivity (Wildman–Crippen MR) is 84.1 cm³/mol. The average Bonchev–Trinajstić information content (AvgIpc) is 2.42. The Balaban J connectivity index is 2.22. The lowest BCUT2D eigenvalue weighted by molar-refractivity contribution is 0.590. The molecule has 0 saturated carbocycles. The number of halogens is 1. The normalized spacial score (nSPS) is 12.4. The zero-order valence-corrected chi connectivity index (χ0v) is 12.8. The highest BCUT2D eigenvalue weighted by atomic mass is 35.5. The van der Waals surface area contributed by atoms with Gasteiger partial charge in [-0.15, -0.1) is 0 Å². The van der Waals surface area contributed by atoms with Gasteiger partial charge < -0.3 is 5.32 Å². The van der Waals surface area contributed by atoms with Crippen LogP contribution in [0.3, 0.4) is 0 Å². The monoisotopic (exact) mass is 291 g/mol. The Morgan fingerprint density at radius 2 is 1.79 bits per heavy atom. The van der Waals surface area contributed by atoms with Crippen LogP contribution in [-0.2, 0) is 0 Å². The predicted octanol–water partition coefficient (Wildman–Crippen LogP) is 5.16. The van der Waals surface area contributed by atoms with Gasteiger partial charge >= 0.3 is 0 Å². The largest absolute Gasteiger partial charge is 0.310 e. The molecular formula is C16H18ClNS. The molecule has 2 aromatic carbocycles. The maximum atomic E-state index is 5.92. The molecule has 1 N–H and O–H groups in total. The van der Waals surface area contributed by atoms with Crippen molar-refractivity contribution in [1.82, 2.24) is 5.32 Å². The SMILES string of the molecule is CCNC(C)c1ccccc1Sc1ccc(Cl)cc1. The van der Waals surface area contributed by atoms with Crippen molar-refractivity contribution in [3.8, 4) is 0 Å². The molecule has 1 nitrogen and oxygen atoms in total. The average molecular weight is 292 g/mol. The Bertz CT molecular complexity index is 525. The molecule has 19 heavy (non-hydrogen) atoms. The summed E-state index contributed by atoms with van der Waals surface area (Å²) in [4.78, 5) is 2.50. The number of rotatable bonds is 5. The molecule has 2 rings (SSSR count). The zero-order valence-electron chi connectivity index (χ0n) is 11.2. The van der Waals surface area contributed by atoms with Crippen LogP contribution in [-0.4, -0.2) is 6.54 Å². The van der Waals surface area contributed by atoms with E-state index in [9.17, 15) is 0 Å². The van der Waals surface area contributed by atoms with Crippen molar-refractivity contribution in [2.75, 3.05) is 6.54 Å². The van der Waals surface area contributed by atoms with E-state index in [1.165, 1.54) is 15.4 Å². The first kappa shape index (κ1) is 14.4. The van der Waals surface area contributed by atoms with Crippen LogP contribution >= 0.6 is 23.4 Å². The van der Waals surface area contributed by atoms with Gasteiger partial charge in [0.25, 0.3) is 0 Å². The first-order valence-corrected chi connectivity index (χ1v) is 7.66. The van der Waals surface area contributed by atoms with Gasteiger partial charge in [-0.05, 0) is 49.4 Å². The zero-order chi connectivity index (χ0) is 13.7. The van der Waals surface area contributed by atoms with Gasteiger partial charge in [-0.2, -0.15) is 0 Å². The summed E-state index contributed by atoms with van der Waals surface area (Å²) in [5.41, 5.74) is 1.34. The van der Waals surface area contributed by atoms with Crippen LogP contribution in [0, 0.1) is 0 Å². The minimum absolute atomic E-state index is 0.362. The van der Waals surface area contributed by atoms with Crippen LogP contribution in [0.5, 0.6) is 0 Å². The van der Waals surface area contributed by atoms with Gasteiger partial charge in [0, 0.05) is 20.9 Å². The Hall–Kier alpha value is -0.960. The van der Waals surface area contributed by atoms with E-state index in [1.807, 2.05) is 12.1 Å². The second-order valence-electron chi connectivity index (χ2n) is 4.37. The third-order valence-corrected chi connectivity index (χ3v) is 4.29. The molecule has 0 amide bonds. The molecule has 1 unspecified atom stereocenters. The lowest BCUT2D eigenvalue weighted by Crippen LogP contribution is -2.18. The van der Waals surface area contributed by atoms with Gasteiger partial charge in [0.05, 0.1) is 0 Å². The second-order valence-corrected chi connectivity index (χ2v) is 5.92. The van der Waals surface area contributed by atoms with Gasteiger partial charge in [-0.1, -0.05) is 48.5 Å². The van der Waals surface area contributed by atoms with E-state index < -0.39 is 0 Å².